The van der Waals surface area contributed by atoms with E-state index in [9.17, 15) is 4.79 Å². The Labute approximate surface area is 189 Å². The van der Waals surface area contributed by atoms with Gasteiger partial charge < -0.3 is 20.3 Å². The van der Waals surface area contributed by atoms with E-state index in [0.717, 1.165) is 41.5 Å². The third kappa shape index (κ3) is 6.83. The molecule has 1 aliphatic heterocycles. The van der Waals surface area contributed by atoms with Crippen LogP contribution in [0.2, 0.25) is 0 Å². The van der Waals surface area contributed by atoms with Crippen LogP contribution in [0.25, 0.3) is 11.4 Å². The Morgan fingerprint density at radius 1 is 1.29 bits per heavy atom. The van der Waals surface area contributed by atoms with E-state index in [4.69, 9.17) is 14.7 Å². The van der Waals surface area contributed by atoms with Crippen LogP contribution in [0.15, 0.2) is 30.3 Å². The molecule has 0 unspecified atom stereocenters. The largest absolute Gasteiger partial charge is 0.377 e. The van der Waals surface area contributed by atoms with Crippen LogP contribution in [0.1, 0.15) is 39.8 Å². The number of benzene rings is 1. The zero-order chi connectivity index (χ0) is 22.2. The van der Waals surface area contributed by atoms with E-state index < -0.39 is 0 Å². The van der Waals surface area contributed by atoms with Crippen molar-refractivity contribution in [3.8, 4) is 11.4 Å². The molecule has 0 radical (unpaired) electrons. The summed E-state index contributed by atoms with van der Waals surface area (Å²) >= 11 is 1.35. The van der Waals surface area contributed by atoms with Crippen molar-refractivity contribution in [2.24, 2.45) is 0 Å². The second-order valence-corrected chi connectivity index (χ2v) is 9.77. The average Bonchev–Trinajstić information content (AvgIpc) is 2.77. The fourth-order valence-electron chi connectivity index (χ4n) is 3.30. The smallest absolute Gasteiger partial charge is 0.319 e. The number of rotatable bonds is 8. The van der Waals surface area contributed by atoms with E-state index in [0.29, 0.717) is 30.8 Å². The number of nitrogens with zero attached hydrogens (tertiary/aromatic N) is 3. The molecule has 2 amide bonds. The van der Waals surface area contributed by atoms with Crippen molar-refractivity contribution in [1.29, 1.82) is 0 Å². The molecule has 1 atom stereocenters. The molecule has 2 heterocycles. The number of nitrogens with one attached hydrogen (secondary N) is 2. The summed E-state index contributed by atoms with van der Waals surface area (Å²) in [6, 6.07) is 9.90. The van der Waals surface area contributed by atoms with Crippen molar-refractivity contribution >= 4 is 29.3 Å². The Bertz CT molecular complexity index is 860. The number of morpholine rings is 1. The van der Waals surface area contributed by atoms with Gasteiger partial charge in [-0.1, -0.05) is 6.92 Å². The number of anilines is 2. The summed E-state index contributed by atoms with van der Waals surface area (Å²) in [4.78, 5) is 23.9. The van der Waals surface area contributed by atoms with Crippen molar-refractivity contribution in [2.45, 2.75) is 51.2 Å². The second kappa shape index (κ2) is 11.3. The molecular weight excluding hydrogens is 410 g/mol. The Morgan fingerprint density at radius 2 is 2.06 bits per heavy atom. The second-order valence-electron chi connectivity index (χ2n) is 8.05. The molecule has 1 fully saturated rings. The van der Waals surface area contributed by atoms with Gasteiger partial charge in [-0.3, -0.25) is 0 Å². The van der Waals surface area contributed by atoms with Crippen molar-refractivity contribution in [1.82, 2.24) is 15.3 Å². The predicted molar refractivity (Wildman–Crippen MR) is 130 cm³/mol. The molecule has 0 saturated carbocycles. The SMILES string of the molecule is CCCNC(=O)Nc1ccc(-c2nc(C[SH+]C(C)C)cc(N3CCOC[C@@H]3C)n2)cc1. The molecule has 2 N–H and O–H groups in total. The van der Waals surface area contributed by atoms with E-state index in [1.54, 1.807) is 0 Å². The molecule has 1 aliphatic rings. The van der Waals surface area contributed by atoms with Gasteiger partial charge in [-0.05, 0) is 63.2 Å². The number of carbonyl (C=O) groups excluding carboxylic acids is 1. The van der Waals surface area contributed by atoms with Crippen LogP contribution in [-0.2, 0) is 22.3 Å². The molecule has 168 valence electrons. The lowest BCUT2D eigenvalue weighted by Crippen LogP contribution is -2.44. The predicted octanol–water partition coefficient (Wildman–Crippen LogP) is 3.62. The molecule has 1 aromatic carbocycles. The molecule has 2 aromatic rings. The number of thiol groups is 1. The van der Waals surface area contributed by atoms with Gasteiger partial charge >= 0.3 is 6.03 Å². The van der Waals surface area contributed by atoms with Crippen LogP contribution in [0.3, 0.4) is 0 Å². The summed E-state index contributed by atoms with van der Waals surface area (Å²) in [5.74, 6) is 2.57. The van der Waals surface area contributed by atoms with Gasteiger partial charge in [0, 0.05) is 30.4 Å². The Kier molecular flexibility index (Phi) is 8.54. The van der Waals surface area contributed by atoms with Crippen molar-refractivity contribution < 1.29 is 9.53 Å². The highest BCUT2D eigenvalue weighted by atomic mass is 32.2. The molecule has 8 heteroatoms. The Balaban J connectivity index is 1.83. The third-order valence-corrected chi connectivity index (χ3v) is 6.22. The normalized spacial score (nSPS) is 16.4. The standard InChI is InChI=1S/C23H33N5O2S/c1-5-10-24-23(29)26-19-8-6-18(7-9-19)22-25-20(15-31-16(2)3)13-21(27-22)28-11-12-30-14-17(28)4/h6-9,13,16-17H,5,10-12,14-15H2,1-4H3,(H2,24,26,29)/p+1/t17-/m0/s1. The van der Waals surface area contributed by atoms with Crippen LogP contribution in [-0.4, -0.2) is 53.6 Å². The maximum absolute atomic E-state index is 11.9. The van der Waals surface area contributed by atoms with Crippen molar-refractivity contribution in [2.75, 3.05) is 36.5 Å². The first-order chi connectivity index (χ1) is 15.0. The van der Waals surface area contributed by atoms with E-state index in [-0.39, 0.29) is 12.1 Å². The minimum atomic E-state index is -0.191. The zero-order valence-corrected chi connectivity index (χ0v) is 19.8. The van der Waals surface area contributed by atoms with Gasteiger partial charge in [-0.2, -0.15) is 0 Å². The van der Waals surface area contributed by atoms with E-state index >= 15 is 0 Å². The fourth-order valence-corrected chi connectivity index (χ4v) is 4.01. The maximum atomic E-state index is 11.9. The van der Waals surface area contributed by atoms with Gasteiger partial charge in [0.25, 0.3) is 0 Å². The van der Waals surface area contributed by atoms with Crippen molar-refractivity contribution in [3.05, 3.63) is 36.0 Å². The quantitative estimate of drug-likeness (QED) is 0.480. The monoisotopic (exact) mass is 444 g/mol. The number of ether oxygens (including phenoxy) is 1. The minimum absolute atomic E-state index is 0.191. The number of urea groups is 1. The highest BCUT2D eigenvalue weighted by Crippen LogP contribution is 2.24. The summed E-state index contributed by atoms with van der Waals surface area (Å²) in [6.45, 7) is 11.5. The number of aromatic nitrogens is 2. The lowest BCUT2D eigenvalue weighted by molar-refractivity contribution is 0.0985. The topological polar surface area (TPSA) is 79.4 Å². The molecule has 0 aliphatic carbocycles. The molecule has 0 bridgehead atoms. The molecule has 7 nitrogen and oxygen atoms in total. The van der Waals surface area contributed by atoms with Crippen LogP contribution in [0.4, 0.5) is 16.3 Å². The van der Waals surface area contributed by atoms with Gasteiger partial charge in [0.15, 0.2) is 5.82 Å². The van der Waals surface area contributed by atoms with E-state index in [1.165, 1.54) is 11.8 Å². The Morgan fingerprint density at radius 3 is 2.74 bits per heavy atom. The molecular formula is C23H34N5O2S+. The van der Waals surface area contributed by atoms with Gasteiger partial charge in [0.1, 0.15) is 16.8 Å². The lowest BCUT2D eigenvalue weighted by atomic mass is 10.2. The van der Waals surface area contributed by atoms with Crippen LogP contribution < -0.4 is 15.5 Å². The van der Waals surface area contributed by atoms with Gasteiger partial charge in [0.2, 0.25) is 0 Å². The first-order valence-electron chi connectivity index (χ1n) is 11.0. The highest BCUT2D eigenvalue weighted by Gasteiger charge is 2.22. The van der Waals surface area contributed by atoms with Crippen LogP contribution >= 0.6 is 0 Å². The lowest BCUT2D eigenvalue weighted by Gasteiger charge is -2.34. The summed E-state index contributed by atoms with van der Waals surface area (Å²) in [7, 11) is 0. The van der Waals surface area contributed by atoms with E-state index in [2.05, 4.69) is 42.4 Å². The van der Waals surface area contributed by atoms with Gasteiger partial charge in [-0.15, -0.1) is 0 Å². The molecule has 1 saturated heterocycles. The molecule has 1 aromatic heterocycles. The summed E-state index contributed by atoms with van der Waals surface area (Å²) in [5, 5.41) is 6.26. The molecule has 0 spiro atoms. The first kappa shape index (κ1) is 23.3. The Hall–Kier alpha value is -2.32. The highest BCUT2D eigenvalue weighted by molar-refractivity contribution is 7.78. The minimum Gasteiger partial charge on any atom is -0.377 e. The van der Waals surface area contributed by atoms with Gasteiger partial charge in [-0.25, -0.2) is 14.8 Å². The third-order valence-electron chi connectivity index (χ3n) is 4.98. The summed E-state index contributed by atoms with van der Waals surface area (Å²) in [6.07, 6.45) is 0.903. The van der Waals surface area contributed by atoms with Gasteiger partial charge in [0.05, 0.1) is 24.9 Å². The molecule has 31 heavy (non-hydrogen) atoms. The number of hydrogen-bond acceptors (Lipinski definition) is 5. The number of amides is 2. The zero-order valence-electron chi connectivity index (χ0n) is 18.9. The van der Waals surface area contributed by atoms with Crippen molar-refractivity contribution in [3.63, 3.8) is 0 Å². The fraction of sp³-hybridized carbons (Fsp3) is 0.522. The molecule has 3 rings (SSSR count). The van der Waals surface area contributed by atoms with E-state index in [1.807, 2.05) is 31.2 Å². The summed E-state index contributed by atoms with van der Waals surface area (Å²) < 4.78 is 5.60. The first-order valence-corrected chi connectivity index (χ1v) is 12.2. The van der Waals surface area contributed by atoms with Crippen LogP contribution in [0, 0.1) is 0 Å². The average molecular weight is 445 g/mol. The summed E-state index contributed by atoms with van der Waals surface area (Å²) in [5.41, 5.74) is 2.73. The number of hydrogen-bond donors (Lipinski definition) is 2. The maximum Gasteiger partial charge on any atom is 0.319 e. The number of carbonyl (C=O) groups is 1. The van der Waals surface area contributed by atoms with Crippen LogP contribution in [0.5, 0.6) is 0 Å².